The number of rotatable bonds is 5. The summed E-state index contributed by atoms with van der Waals surface area (Å²) in [6.07, 6.45) is 2.86. The first-order chi connectivity index (χ1) is 14.9. The number of anilines is 1. The summed E-state index contributed by atoms with van der Waals surface area (Å²) in [6, 6.07) is 14.6. The van der Waals surface area contributed by atoms with Gasteiger partial charge in [-0.2, -0.15) is 4.31 Å². The van der Waals surface area contributed by atoms with Crippen LogP contribution in [0.4, 0.5) is 10.5 Å². The second kappa shape index (κ2) is 8.72. The SMILES string of the molecule is CCC(C)c1ccc(NC(=O)N2CCN(S(=O)(=O)c3ccc4[nH]ccc4c3)CC2)cc1. The van der Waals surface area contributed by atoms with Crippen LogP contribution in [0.2, 0.25) is 0 Å². The smallest absolute Gasteiger partial charge is 0.321 e. The van der Waals surface area contributed by atoms with E-state index in [1.165, 1.54) is 9.87 Å². The standard InChI is InChI=1S/C23H28N4O3S/c1-3-17(2)18-4-6-20(7-5-18)25-23(28)26-12-14-27(15-13-26)31(29,30)21-8-9-22-19(16-21)10-11-24-22/h4-11,16-17,24H,3,12-15H2,1-2H3,(H,25,28). The Morgan fingerprint density at radius 2 is 1.77 bits per heavy atom. The molecular formula is C23H28N4O3S. The Bertz CT molecular complexity index is 1160. The lowest BCUT2D eigenvalue weighted by Crippen LogP contribution is -2.51. The lowest BCUT2D eigenvalue weighted by Gasteiger charge is -2.34. The molecule has 4 rings (SSSR count). The molecule has 31 heavy (non-hydrogen) atoms. The maximum Gasteiger partial charge on any atom is 0.321 e. The molecule has 1 unspecified atom stereocenters. The highest BCUT2D eigenvalue weighted by Crippen LogP contribution is 2.23. The number of nitrogens with one attached hydrogen (secondary N) is 2. The summed E-state index contributed by atoms with van der Waals surface area (Å²) in [5, 5.41) is 3.77. The maximum absolute atomic E-state index is 13.0. The van der Waals surface area contributed by atoms with E-state index in [0.717, 1.165) is 23.0 Å². The lowest BCUT2D eigenvalue weighted by molar-refractivity contribution is 0.184. The molecule has 0 saturated carbocycles. The number of amides is 2. The van der Waals surface area contributed by atoms with Gasteiger partial charge in [0.15, 0.2) is 0 Å². The number of fused-ring (bicyclic) bond motifs is 1. The topological polar surface area (TPSA) is 85.5 Å². The van der Waals surface area contributed by atoms with E-state index in [4.69, 9.17) is 0 Å². The monoisotopic (exact) mass is 440 g/mol. The molecule has 2 N–H and O–H groups in total. The highest BCUT2D eigenvalue weighted by Gasteiger charge is 2.30. The molecule has 8 heteroatoms. The van der Waals surface area contributed by atoms with E-state index in [1.807, 2.05) is 30.3 Å². The van der Waals surface area contributed by atoms with Gasteiger partial charge in [0, 0.05) is 49.0 Å². The molecule has 0 aliphatic carbocycles. The van der Waals surface area contributed by atoms with Crippen LogP contribution in [-0.2, 0) is 10.0 Å². The first-order valence-corrected chi connectivity index (χ1v) is 12.1. The third-order valence-electron chi connectivity index (χ3n) is 6.03. The number of carbonyl (C=O) groups excluding carboxylic acids is 1. The van der Waals surface area contributed by atoms with Crippen molar-refractivity contribution < 1.29 is 13.2 Å². The van der Waals surface area contributed by atoms with Crippen LogP contribution in [0.15, 0.2) is 59.6 Å². The van der Waals surface area contributed by atoms with E-state index in [2.05, 4.69) is 24.1 Å². The summed E-state index contributed by atoms with van der Waals surface area (Å²) >= 11 is 0. The summed E-state index contributed by atoms with van der Waals surface area (Å²) in [5.74, 6) is 0.484. The molecule has 1 atom stereocenters. The Labute approximate surface area is 183 Å². The van der Waals surface area contributed by atoms with Crippen molar-refractivity contribution in [2.75, 3.05) is 31.5 Å². The van der Waals surface area contributed by atoms with Gasteiger partial charge in [0.2, 0.25) is 10.0 Å². The fourth-order valence-electron chi connectivity index (χ4n) is 3.81. The molecule has 0 spiro atoms. The van der Waals surface area contributed by atoms with Crippen molar-refractivity contribution in [2.45, 2.75) is 31.1 Å². The number of sulfonamides is 1. The zero-order chi connectivity index (χ0) is 22.0. The van der Waals surface area contributed by atoms with Gasteiger partial charge in [-0.1, -0.05) is 26.0 Å². The van der Waals surface area contributed by atoms with Crippen LogP contribution >= 0.6 is 0 Å². The van der Waals surface area contributed by atoms with Gasteiger partial charge in [0.1, 0.15) is 0 Å². The van der Waals surface area contributed by atoms with E-state index in [-0.39, 0.29) is 24.0 Å². The van der Waals surface area contributed by atoms with Crippen LogP contribution in [-0.4, -0.2) is 54.8 Å². The number of aromatic nitrogens is 1. The summed E-state index contributed by atoms with van der Waals surface area (Å²) in [7, 11) is -3.59. The van der Waals surface area contributed by atoms with Crippen molar-refractivity contribution in [1.29, 1.82) is 0 Å². The molecule has 2 heterocycles. The Morgan fingerprint density at radius 3 is 2.45 bits per heavy atom. The Balaban J connectivity index is 1.37. The van der Waals surface area contributed by atoms with Gasteiger partial charge < -0.3 is 15.2 Å². The Morgan fingerprint density at radius 1 is 1.06 bits per heavy atom. The molecule has 1 saturated heterocycles. The molecule has 164 valence electrons. The maximum atomic E-state index is 13.0. The predicted molar refractivity (Wildman–Crippen MR) is 123 cm³/mol. The number of carbonyl (C=O) groups is 1. The van der Waals surface area contributed by atoms with Crippen molar-refractivity contribution in [3.63, 3.8) is 0 Å². The van der Waals surface area contributed by atoms with Crippen LogP contribution in [0.3, 0.4) is 0 Å². The van der Waals surface area contributed by atoms with Gasteiger partial charge in [0.05, 0.1) is 4.90 Å². The normalized spacial score (nSPS) is 16.4. The minimum Gasteiger partial charge on any atom is -0.361 e. The summed E-state index contributed by atoms with van der Waals surface area (Å²) in [6.45, 7) is 5.57. The fourth-order valence-corrected chi connectivity index (χ4v) is 5.26. The third kappa shape index (κ3) is 4.45. The molecule has 1 aliphatic rings. The van der Waals surface area contributed by atoms with Gasteiger partial charge in [0.25, 0.3) is 0 Å². The number of aromatic amines is 1. The van der Waals surface area contributed by atoms with E-state index in [9.17, 15) is 13.2 Å². The lowest BCUT2D eigenvalue weighted by atomic mass is 9.99. The molecule has 3 aromatic rings. The average Bonchev–Trinajstić information content (AvgIpc) is 3.27. The zero-order valence-electron chi connectivity index (χ0n) is 17.8. The summed E-state index contributed by atoms with van der Waals surface area (Å²) in [4.78, 5) is 17.6. The molecule has 1 aromatic heterocycles. The number of H-pyrrole nitrogens is 1. The van der Waals surface area contributed by atoms with Crippen LogP contribution in [0.25, 0.3) is 10.9 Å². The third-order valence-corrected chi connectivity index (χ3v) is 7.93. The van der Waals surface area contributed by atoms with Gasteiger partial charge in [-0.15, -0.1) is 0 Å². The van der Waals surface area contributed by atoms with Gasteiger partial charge >= 0.3 is 6.03 Å². The predicted octanol–water partition coefficient (Wildman–Crippen LogP) is 4.22. The largest absolute Gasteiger partial charge is 0.361 e. The molecule has 1 fully saturated rings. The molecule has 0 bridgehead atoms. The van der Waals surface area contributed by atoms with Crippen molar-refractivity contribution in [3.8, 4) is 0 Å². The molecule has 0 radical (unpaired) electrons. The molecule has 2 amide bonds. The number of hydrogen-bond donors (Lipinski definition) is 2. The molecule has 2 aromatic carbocycles. The zero-order valence-corrected chi connectivity index (χ0v) is 18.7. The summed E-state index contributed by atoms with van der Waals surface area (Å²) in [5.41, 5.74) is 2.89. The van der Waals surface area contributed by atoms with Crippen LogP contribution < -0.4 is 5.32 Å². The van der Waals surface area contributed by atoms with Crippen LogP contribution in [0, 0.1) is 0 Å². The number of piperazine rings is 1. The second-order valence-corrected chi connectivity index (χ2v) is 9.92. The average molecular weight is 441 g/mol. The van der Waals surface area contributed by atoms with Crippen molar-refractivity contribution in [2.24, 2.45) is 0 Å². The fraction of sp³-hybridized carbons (Fsp3) is 0.348. The second-order valence-electron chi connectivity index (χ2n) is 7.98. The van der Waals surface area contributed by atoms with Gasteiger partial charge in [-0.05, 0) is 54.3 Å². The van der Waals surface area contributed by atoms with Crippen molar-refractivity contribution in [1.82, 2.24) is 14.2 Å². The number of nitrogens with zero attached hydrogens (tertiary/aromatic N) is 2. The van der Waals surface area contributed by atoms with E-state index in [0.29, 0.717) is 19.0 Å². The highest BCUT2D eigenvalue weighted by atomic mass is 32.2. The minimum atomic E-state index is -3.59. The summed E-state index contributed by atoms with van der Waals surface area (Å²) < 4.78 is 27.5. The number of benzene rings is 2. The molecule has 7 nitrogen and oxygen atoms in total. The molecule has 1 aliphatic heterocycles. The number of hydrogen-bond acceptors (Lipinski definition) is 3. The minimum absolute atomic E-state index is 0.206. The van der Waals surface area contributed by atoms with E-state index in [1.54, 1.807) is 29.3 Å². The Hall–Kier alpha value is -2.84. The first-order valence-electron chi connectivity index (χ1n) is 10.6. The number of urea groups is 1. The van der Waals surface area contributed by atoms with Gasteiger partial charge in [-0.25, -0.2) is 13.2 Å². The molecular weight excluding hydrogens is 412 g/mol. The van der Waals surface area contributed by atoms with Gasteiger partial charge in [-0.3, -0.25) is 0 Å². The van der Waals surface area contributed by atoms with Crippen LogP contribution in [0.1, 0.15) is 31.7 Å². The van der Waals surface area contributed by atoms with Crippen molar-refractivity contribution in [3.05, 3.63) is 60.3 Å². The van der Waals surface area contributed by atoms with E-state index >= 15 is 0 Å². The first kappa shape index (κ1) is 21.4. The highest BCUT2D eigenvalue weighted by molar-refractivity contribution is 7.89. The van der Waals surface area contributed by atoms with Crippen LogP contribution in [0.5, 0.6) is 0 Å². The Kier molecular flexibility index (Phi) is 6.02. The van der Waals surface area contributed by atoms with Crippen molar-refractivity contribution >= 4 is 32.6 Å². The quantitative estimate of drug-likeness (QED) is 0.623. The van der Waals surface area contributed by atoms with E-state index < -0.39 is 10.0 Å².